The fourth-order valence-corrected chi connectivity index (χ4v) is 2.62. The van der Waals surface area contributed by atoms with Crippen molar-refractivity contribution in [1.82, 2.24) is 15.1 Å². The maximum atomic E-state index is 12.5. The van der Waals surface area contributed by atoms with Crippen molar-refractivity contribution in [2.45, 2.75) is 20.0 Å². The van der Waals surface area contributed by atoms with E-state index >= 15 is 0 Å². The minimum absolute atomic E-state index is 0.0930. The summed E-state index contributed by atoms with van der Waals surface area (Å²) in [6.45, 7) is 2.79. The highest BCUT2D eigenvalue weighted by Gasteiger charge is 2.16. The van der Waals surface area contributed by atoms with E-state index in [4.69, 9.17) is 11.6 Å². The van der Waals surface area contributed by atoms with Crippen LogP contribution in [0.15, 0.2) is 53.3 Å². The second-order valence-corrected chi connectivity index (χ2v) is 5.76. The number of nitrogens with zero attached hydrogens (tertiary/aromatic N) is 2. The minimum Gasteiger partial charge on any atom is -0.346 e. The van der Waals surface area contributed by atoms with Crippen LogP contribution in [0, 0.1) is 0 Å². The molecule has 0 atom stereocenters. The zero-order chi connectivity index (χ0) is 17.1. The molecule has 122 valence electrons. The molecular formula is C18H16ClN3O2. The maximum Gasteiger partial charge on any atom is 0.276 e. The van der Waals surface area contributed by atoms with E-state index in [9.17, 15) is 9.59 Å². The lowest BCUT2D eigenvalue weighted by molar-refractivity contribution is 0.0943. The average molecular weight is 342 g/mol. The van der Waals surface area contributed by atoms with Crippen molar-refractivity contribution in [3.63, 3.8) is 0 Å². The Morgan fingerprint density at radius 2 is 1.88 bits per heavy atom. The number of para-hydroxylation sites is 1. The number of benzene rings is 2. The number of fused-ring (bicyclic) bond motifs is 1. The quantitative estimate of drug-likeness (QED) is 0.793. The van der Waals surface area contributed by atoms with Gasteiger partial charge in [-0.3, -0.25) is 14.3 Å². The third kappa shape index (κ3) is 3.16. The number of hydrogen-bond donors (Lipinski definition) is 1. The number of rotatable bonds is 4. The Hall–Kier alpha value is -2.66. The molecule has 3 rings (SSSR count). The number of carbonyl (C=O) groups excluding carboxylic acids is 1. The Morgan fingerprint density at radius 1 is 1.17 bits per heavy atom. The first-order valence-corrected chi connectivity index (χ1v) is 8.00. The molecule has 5 nitrogen and oxygen atoms in total. The van der Waals surface area contributed by atoms with Crippen molar-refractivity contribution in [2.75, 3.05) is 0 Å². The van der Waals surface area contributed by atoms with Gasteiger partial charge in [0.05, 0.1) is 5.52 Å². The van der Waals surface area contributed by atoms with Gasteiger partial charge in [-0.15, -0.1) is 0 Å². The van der Waals surface area contributed by atoms with Gasteiger partial charge in [-0.1, -0.05) is 35.9 Å². The topological polar surface area (TPSA) is 64.0 Å². The zero-order valence-corrected chi connectivity index (χ0v) is 13.9. The van der Waals surface area contributed by atoms with Crippen LogP contribution < -0.4 is 10.7 Å². The second-order valence-electron chi connectivity index (χ2n) is 5.32. The maximum absolute atomic E-state index is 12.5. The van der Waals surface area contributed by atoms with Crippen LogP contribution in [0.1, 0.15) is 23.0 Å². The van der Waals surface area contributed by atoms with E-state index in [0.717, 1.165) is 11.1 Å². The van der Waals surface area contributed by atoms with Crippen molar-refractivity contribution in [2.24, 2.45) is 0 Å². The van der Waals surface area contributed by atoms with Crippen LogP contribution >= 0.6 is 11.6 Å². The fourth-order valence-electron chi connectivity index (χ4n) is 2.50. The van der Waals surface area contributed by atoms with Crippen molar-refractivity contribution in [3.05, 3.63) is 75.0 Å². The predicted octanol–water partition coefficient (Wildman–Crippen LogP) is 3.00. The zero-order valence-electron chi connectivity index (χ0n) is 13.1. The van der Waals surface area contributed by atoms with Crippen molar-refractivity contribution in [1.29, 1.82) is 0 Å². The summed E-state index contributed by atoms with van der Waals surface area (Å²) in [6.07, 6.45) is 0. The molecule has 2 aromatic carbocycles. The van der Waals surface area contributed by atoms with Gasteiger partial charge in [-0.05, 0) is 36.8 Å². The number of nitrogens with one attached hydrogen (secondary N) is 1. The molecule has 0 fully saturated rings. The molecule has 0 radical (unpaired) electrons. The van der Waals surface area contributed by atoms with Gasteiger partial charge >= 0.3 is 0 Å². The van der Waals surface area contributed by atoms with Crippen LogP contribution in [-0.2, 0) is 13.1 Å². The first kappa shape index (κ1) is 16.2. The molecule has 24 heavy (non-hydrogen) atoms. The Morgan fingerprint density at radius 3 is 2.58 bits per heavy atom. The predicted molar refractivity (Wildman–Crippen MR) is 94.3 cm³/mol. The Kier molecular flexibility index (Phi) is 4.62. The average Bonchev–Trinajstić information content (AvgIpc) is 2.61. The first-order valence-electron chi connectivity index (χ1n) is 7.62. The molecule has 0 saturated heterocycles. The Bertz CT molecular complexity index is 949. The van der Waals surface area contributed by atoms with Crippen LogP contribution in [0.25, 0.3) is 10.9 Å². The van der Waals surface area contributed by atoms with Crippen molar-refractivity contribution < 1.29 is 4.79 Å². The molecule has 0 spiro atoms. The van der Waals surface area contributed by atoms with E-state index in [-0.39, 0.29) is 11.1 Å². The highest BCUT2D eigenvalue weighted by atomic mass is 35.5. The third-order valence-electron chi connectivity index (χ3n) is 3.74. The van der Waals surface area contributed by atoms with Crippen molar-refractivity contribution in [3.8, 4) is 0 Å². The van der Waals surface area contributed by atoms with Gasteiger partial charge in [-0.25, -0.2) is 0 Å². The molecule has 1 heterocycles. The number of halogens is 1. The summed E-state index contributed by atoms with van der Waals surface area (Å²) >= 11 is 5.84. The van der Waals surface area contributed by atoms with Crippen molar-refractivity contribution >= 4 is 28.4 Å². The van der Waals surface area contributed by atoms with Gasteiger partial charge in [0.1, 0.15) is 0 Å². The summed E-state index contributed by atoms with van der Waals surface area (Å²) in [6, 6.07) is 14.3. The molecule has 0 aliphatic carbocycles. The van der Waals surface area contributed by atoms with E-state index in [0.29, 0.717) is 23.5 Å². The molecule has 0 aliphatic heterocycles. The lowest BCUT2D eigenvalue weighted by atomic mass is 10.2. The van der Waals surface area contributed by atoms with Crippen LogP contribution in [0.3, 0.4) is 0 Å². The normalized spacial score (nSPS) is 10.8. The SMILES string of the molecule is CCn1nc(C(=O)NCc2ccc(Cl)cc2)c(=O)c2ccccc21. The molecule has 3 aromatic rings. The van der Waals surface area contributed by atoms with Crippen LogP contribution in [0.4, 0.5) is 0 Å². The minimum atomic E-state index is -0.483. The smallest absolute Gasteiger partial charge is 0.276 e. The lowest BCUT2D eigenvalue weighted by Gasteiger charge is -2.10. The molecule has 0 unspecified atom stereocenters. The molecule has 1 amide bonds. The summed E-state index contributed by atoms with van der Waals surface area (Å²) in [7, 11) is 0. The molecule has 1 N–H and O–H groups in total. The number of carbonyl (C=O) groups is 1. The molecule has 0 saturated carbocycles. The summed E-state index contributed by atoms with van der Waals surface area (Å²) in [5.41, 5.74) is 1.16. The van der Waals surface area contributed by atoms with Gasteiger partial charge in [0.2, 0.25) is 5.43 Å². The van der Waals surface area contributed by atoms with E-state index in [1.54, 1.807) is 28.9 Å². The molecule has 6 heteroatoms. The number of amides is 1. The van der Waals surface area contributed by atoms with E-state index in [1.165, 1.54) is 0 Å². The van der Waals surface area contributed by atoms with Crippen LogP contribution in [0.5, 0.6) is 0 Å². The Labute approximate surface area is 143 Å². The highest BCUT2D eigenvalue weighted by molar-refractivity contribution is 6.30. The summed E-state index contributed by atoms with van der Waals surface area (Å²) in [5.74, 6) is -0.483. The number of hydrogen-bond acceptors (Lipinski definition) is 3. The van der Waals surface area contributed by atoms with Gasteiger partial charge in [0.15, 0.2) is 5.69 Å². The number of aryl methyl sites for hydroxylation is 1. The fraction of sp³-hybridized carbons (Fsp3) is 0.167. The Balaban J connectivity index is 1.90. The number of aromatic nitrogens is 2. The molecule has 0 bridgehead atoms. The van der Waals surface area contributed by atoms with E-state index in [1.807, 2.05) is 31.2 Å². The largest absolute Gasteiger partial charge is 0.346 e. The van der Waals surface area contributed by atoms with Gasteiger partial charge in [0, 0.05) is 23.5 Å². The lowest BCUT2D eigenvalue weighted by Crippen LogP contribution is -2.31. The summed E-state index contributed by atoms with van der Waals surface area (Å²) in [5, 5.41) is 8.07. The summed E-state index contributed by atoms with van der Waals surface area (Å²) in [4.78, 5) is 24.9. The monoisotopic (exact) mass is 341 g/mol. The van der Waals surface area contributed by atoms with Gasteiger partial charge < -0.3 is 5.32 Å². The van der Waals surface area contributed by atoms with Crippen LogP contribution in [-0.4, -0.2) is 15.7 Å². The first-order chi connectivity index (χ1) is 11.6. The van der Waals surface area contributed by atoms with Gasteiger partial charge in [-0.2, -0.15) is 5.10 Å². The van der Waals surface area contributed by atoms with Crippen LogP contribution in [0.2, 0.25) is 5.02 Å². The van der Waals surface area contributed by atoms with E-state index in [2.05, 4.69) is 10.4 Å². The van der Waals surface area contributed by atoms with E-state index < -0.39 is 5.91 Å². The second kappa shape index (κ2) is 6.84. The summed E-state index contributed by atoms with van der Waals surface area (Å²) < 4.78 is 1.66. The third-order valence-corrected chi connectivity index (χ3v) is 4.00. The highest BCUT2D eigenvalue weighted by Crippen LogP contribution is 2.11. The van der Waals surface area contributed by atoms with Gasteiger partial charge in [0.25, 0.3) is 5.91 Å². The molecule has 1 aromatic heterocycles. The standard InChI is InChI=1S/C18H16ClN3O2/c1-2-22-15-6-4-3-5-14(15)17(23)16(21-22)18(24)20-11-12-7-9-13(19)10-8-12/h3-10H,2,11H2,1H3,(H,20,24). The molecular weight excluding hydrogens is 326 g/mol. The molecule has 0 aliphatic rings.